The molecule has 0 aromatic heterocycles. The molecule has 5 rings (SSSR count). The van der Waals surface area contributed by atoms with Crippen LogP contribution in [0.1, 0.15) is 152 Å². The van der Waals surface area contributed by atoms with E-state index in [2.05, 4.69) is 13.0 Å². The molecule has 0 amide bonds. The maximum atomic E-state index is 15.5. The third-order valence-corrected chi connectivity index (χ3v) is 11.8. The van der Waals surface area contributed by atoms with Gasteiger partial charge in [0.1, 0.15) is 17.4 Å². The third kappa shape index (κ3) is 9.19. The molecule has 254 valence electrons. The third-order valence-electron chi connectivity index (χ3n) is 11.8. The van der Waals surface area contributed by atoms with Crippen molar-refractivity contribution in [2.75, 3.05) is 0 Å². The Labute approximate surface area is 275 Å². The van der Waals surface area contributed by atoms with Crippen LogP contribution < -0.4 is 4.74 Å². The minimum Gasteiger partial charge on any atom is -0.432 e. The van der Waals surface area contributed by atoms with Crippen molar-refractivity contribution >= 4 is 0 Å². The van der Waals surface area contributed by atoms with E-state index in [0.717, 1.165) is 42.2 Å². The predicted molar refractivity (Wildman–Crippen MR) is 180 cm³/mol. The van der Waals surface area contributed by atoms with Gasteiger partial charge in [-0.15, -0.1) is 0 Å². The maximum absolute atomic E-state index is 15.5. The topological polar surface area (TPSA) is 9.23 Å². The molecule has 3 aliphatic carbocycles. The lowest BCUT2D eigenvalue weighted by Crippen LogP contribution is -2.37. The highest BCUT2D eigenvalue weighted by Crippen LogP contribution is 2.47. The zero-order valence-electron chi connectivity index (χ0n) is 28.2. The van der Waals surface area contributed by atoms with Gasteiger partial charge in [0.05, 0.1) is 5.92 Å². The number of hydrogen-bond acceptors (Lipinski definition) is 1. The highest BCUT2D eigenvalue weighted by molar-refractivity contribution is 5.31. The Balaban J connectivity index is 1.08. The van der Waals surface area contributed by atoms with Gasteiger partial charge in [-0.1, -0.05) is 75.8 Å². The monoisotopic (exact) mass is 640 g/mol. The summed E-state index contributed by atoms with van der Waals surface area (Å²) in [4.78, 5) is 0. The number of aryl methyl sites for hydroxylation is 1. The highest BCUT2D eigenvalue weighted by Gasteiger charge is 2.44. The van der Waals surface area contributed by atoms with Gasteiger partial charge in [-0.2, -0.15) is 8.78 Å². The first kappa shape index (κ1) is 35.0. The van der Waals surface area contributed by atoms with Gasteiger partial charge >= 0.3 is 6.11 Å². The fourth-order valence-electron chi connectivity index (χ4n) is 8.86. The van der Waals surface area contributed by atoms with Crippen LogP contribution in [0, 0.1) is 35.3 Å². The van der Waals surface area contributed by atoms with Crippen molar-refractivity contribution in [1.29, 1.82) is 0 Å². The number of hydrogen-bond donors (Lipinski definition) is 0. The maximum Gasteiger partial charge on any atom is 0.400 e. The number of benzene rings is 2. The lowest BCUT2D eigenvalue weighted by molar-refractivity contribution is -0.222. The molecule has 0 aliphatic heterocycles. The van der Waals surface area contributed by atoms with E-state index in [1.165, 1.54) is 76.3 Å². The minimum absolute atomic E-state index is 0.0668. The first-order valence-electron chi connectivity index (χ1n) is 18.5. The SMILES string of the molecule is CC=CCCc1ccc(OC(F)(F)C2CCC(c3ccc(C4CCC(C5CCC(CCCCC)CC5)CC4)cc3F)CC2)cc1F. The van der Waals surface area contributed by atoms with Crippen molar-refractivity contribution < 1.29 is 22.3 Å². The molecule has 0 saturated heterocycles. The Morgan fingerprint density at radius 3 is 2.07 bits per heavy atom. The molecule has 3 fully saturated rings. The van der Waals surface area contributed by atoms with E-state index < -0.39 is 17.8 Å². The summed E-state index contributed by atoms with van der Waals surface area (Å²) >= 11 is 0. The van der Waals surface area contributed by atoms with Crippen LogP contribution in [-0.4, -0.2) is 6.11 Å². The van der Waals surface area contributed by atoms with E-state index in [4.69, 9.17) is 4.74 Å². The van der Waals surface area contributed by atoms with Crippen LogP contribution in [0.2, 0.25) is 0 Å². The van der Waals surface area contributed by atoms with Gasteiger partial charge in [-0.05, 0) is 142 Å². The van der Waals surface area contributed by atoms with E-state index in [1.807, 2.05) is 25.1 Å². The average Bonchev–Trinajstić information content (AvgIpc) is 3.06. The Morgan fingerprint density at radius 1 is 0.761 bits per heavy atom. The number of rotatable bonds is 13. The van der Waals surface area contributed by atoms with Crippen LogP contribution in [0.15, 0.2) is 48.6 Å². The standard InChI is InChI=1S/C41H56F4O/c1-3-5-7-9-29-11-13-30(14-12-29)31-15-17-32(18-16-31)35-22-26-38(40(43)27-35)33-19-23-36(24-20-33)41(44,45)46-37-25-21-34(39(42)28-37)10-8-6-4-2/h4,6,21-22,25-33,36H,3,5,7-20,23-24H2,1-2H3. The minimum atomic E-state index is -3.40. The first-order valence-corrected chi connectivity index (χ1v) is 18.5. The molecule has 0 radical (unpaired) electrons. The van der Waals surface area contributed by atoms with Crippen molar-refractivity contribution in [1.82, 2.24) is 0 Å². The summed E-state index contributed by atoms with van der Waals surface area (Å²) in [6.45, 7) is 4.19. The van der Waals surface area contributed by atoms with E-state index in [1.54, 1.807) is 6.07 Å². The van der Waals surface area contributed by atoms with E-state index in [9.17, 15) is 4.39 Å². The summed E-state index contributed by atoms with van der Waals surface area (Å²) < 4.78 is 65.3. The van der Waals surface area contributed by atoms with Crippen LogP contribution in [0.4, 0.5) is 17.6 Å². The van der Waals surface area contributed by atoms with Gasteiger partial charge in [0.25, 0.3) is 0 Å². The normalized spacial score (nSPS) is 27.6. The Bertz CT molecular complexity index is 1250. The van der Waals surface area contributed by atoms with Gasteiger partial charge < -0.3 is 4.74 Å². The molecule has 0 unspecified atom stereocenters. The molecule has 2 aromatic rings. The fourth-order valence-corrected chi connectivity index (χ4v) is 8.86. The van der Waals surface area contributed by atoms with E-state index in [0.29, 0.717) is 42.7 Å². The second-order valence-electron chi connectivity index (χ2n) is 14.7. The zero-order chi connectivity index (χ0) is 32.5. The Kier molecular flexibility index (Phi) is 12.7. The van der Waals surface area contributed by atoms with Crippen molar-refractivity contribution in [2.24, 2.45) is 23.7 Å². The summed E-state index contributed by atoms with van der Waals surface area (Å²) in [5, 5.41) is 0. The Hall–Kier alpha value is -2.30. The molecule has 3 saturated carbocycles. The van der Waals surface area contributed by atoms with E-state index >= 15 is 13.2 Å². The van der Waals surface area contributed by atoms with Crippen molar-refractivity contribution in [2.45, 2.75) is 147 Å². The largest absolute Gasteiger partial charge is 0.432 e. The zero-order valence-corrected chi connectivity index (χ0v) is 28.2. The number of halogens is 4. The molecule has 3 aliphatic rings. The summed E-state index contributed by atoms with van der Waals surface area (Å²) in [7, 11) is 0. The molecule has 5 heteroatoms. The molecule has 0 atom stereocenters. The molecule has 1 nitrogen and oxygen atoms in total. The predicted octanol–water partition coefficient (Wildman–Crippen LogP) is 13.1. The molecule has 2 aromatic carbocycles. The second kappa shape index (κ2) is 16.7. The molecular formula is C41H56F4O. The molecular weight excluding hydrogens is 584 g/mol. The van der Waals surface area contributed by atoms with Gasteiger partial charge in [-0.3, -0.25) is 0 Å². The lowest BCUT2D eigenvalue weighted by atomic mass is 9.68. The van der Waals surface area contributed by atoms with Crippen LogP contribution in [0.25, 0.3) is 0 Å². The molecule has 0 spiro atoms. The van der Waals surface area contributed by atoms with Crippen molar-refractivity contribution in [3.8, 4) is 5.75 Å². The van der Waals surface area contributed by atoms with Crippen molar-refractivity contribution in [3.63, 3.8) is 0 Å². The first-order chi connectivity index (χ1) is 22.3. The van der Waals surface area contributed by atoms with Gasteiger partial charge in [0.15, 0.2) is 0 Å². The lowest BCUT2D eigenvalue weighted by Gasteiger charge is -2.38. The summed E-state index contributed by atoms with van der Waals surface area (Å²) in [6, 6.07) is 9.79. The molecule has 0 bridgehead atoms. The van der Waals surface area contributed by atoms with E-state index in [-0.39, 0.29) is 30.3 Å². The highest BCUT2D eigenvalue weighted by atomic mass is 19.3. The van der Waals surface area contributed by atoms with Gasteiger partial charge in [0.2, 0.25) is 0 Å². The van der Waals surface area contributed by atoms with Crippen LogP contribution in [0.5, 0.6) is 5.75 Å². The quantitative estimate of drug-likeness (QED) is 0.120. The number of unbranched alkanes of at least 4 members (excludes halogenated alkanes) is 2. The summed E-state index contributed by atoms with van der Waals surface area (Å²) in [5.74, 6) is 1.19. The smallest absolute Gasteiger partial charge is 0.400 e. The van der Waals surface area contributed by atoms with Crippen LogP contribution in [-0.2, 0) is 6.42 Å². The summed E-state index contributed by atoms with van der Waals surface area (Å²) in [6.07, 6.45) is 19.0. The van der Waals surface area contributed by atoms with Gasteiger partial charge in [-0.25, -0.2) is 8.78 Å². The molecule has 0 N–H and O–H groups in total. The average molecular weight is 641 g/mol. The fraction of sp³-hybridized carbons (Fsp3) is 0.659. The molecule has 0 heterocycles. The Morgan fingerprint density at radius 2 is 1.43 bits per heavy atom. The van der Waals surface area contributed by atoms with Crippen LogP contribution in [0.3, 0.4) is 0 Å². The summed E-state index contributed by atoms with van der Waals surface area (Å²) in [5.41, 5.74) is 2.25. The van der Waals surface area contributed by atoms with Crippen molar-refractivity contribution in [3.05, 3.63) is 76.9 Å². The number of ether oxygens (including phenoxy) is 1. The van der Waals surface area contributed by atoms with Gasteiger partial charge in [0, 0.05) is 6.07 Å². The number of allylic oxidation sites excluding steroid dienone is 2. The van der Waals surface area contributed by atoms with Crippen LogP contribution >= 0.6 is 0 Å². The second-order valence-corrected chi connectivity index (χ2v) is 14.7. The molecule has 46 heavy (non-hydrogen) atoms. The number of alkyl halides is 2.